The number of nitrogens with zero attached hydrogens (tertiary/aromatic N) is 2. The summed E-state index contributed by atoms with van der Waals surface area (Å²) in [6.45, 7) is 1.62. The monoisotopic (exact) mass is 377 g/mol. The molecule has 1 amide bonds. The van der Waals surface area contributed by atoms with Gasteiger partial charge in [-0.1, -0.05) is 54.1 Å². The predicted molar refractivity (Wildman–Crippen MR) is 109 cm³/mol. The van der Waals surface area contributed by atoms with Crippen molar-refractivity contribution in [2.75, 3.05) is 18.0 Å². The van der Waals surface area contributed by atoms with Gasteiger partial charge in [0.05, 0.1) is 11.1 Å². The lowest BCUT2D eigenvalue weighted by Crippen LogP contribution is -2.42. The van der Waals surface area contributed by atoms with E-state index >= 15 is 0 Å². The number of halogens is 1. The fourth-order valence-electron chi connectivity index (χ4n) is 3.42. The number of amides is 1. The minimum Gasteiger partial charge on any atom is -0.315 e. The summed E-state index contributed by atoms with van der Waals surface area (Å²) in [6.07, 6.45) is 2.54. The van der Waals surface area contributed by atoms with E-state index in [1.807, 2.05) is 42.5 Å². The molecule has 1 saturated heterocycles. The van der Waals surface area contributed by atoms with Crippen LogP contribution in [0.25, 0.3) is 11.1 Å². The van der Waals surface area contributed by atoms with Crippen LogP contribution in [0.4, 0.5) is 5.82 Å². The van der Waals surface area contributed by atoms with Gasteiger partial charge in [0.15, 0.2) is 5.82 Å². The van der Waals surface area contributed by atoms with Crippen LogP contribution in [0.2, 0.25) is 5.02 Å². The van der Waals surface area contributed by atoms with Crippen LogP contribution >= 0.6 is 11.6 Å². The van der Waals surface area contributed by atoms with Gasteiger partial charge in [-0.05, 0) is 48.4 Å². The van der Waals surface area contributed by atoms with E-state index in [9.17, 15) is 4.79 Å². The van der Waals surface area contributed by atoms with Gasteiger partial charge in [0.2, 0.25) is 0 Å². The molecule has 0 unspecified atom stereocenters. The minimum atomic E-state index is -0.0797. The van der Waals surface area contributed by atoms with Crippen molar-refractivity contribution in [2.45, 2.75) is 12.5 Å². The maximum Gasteiger partial charge on any atom is 0.259 e. The quantitative estimate of drug-likeness (QED) is 0.732. The Bertz CT molecular complexity index is 922. The molecule has 1 aromatic heterocycles. The van der Waals surface area contributed by atoms with Crippen LogP contribution in [-0.2, 0) is 0 Å². The highest BCUT2D eigenvalue weighted by Gasteiger charge is 2.30. The van der Waals surface area contributed by atoms with Crippen molar-refractivity contribution in [3.8, 4) is 11.1 Å². The molecule has 2 heterocycles. The SMILES string of the molecule is O=C(c1ccc(-c2ccccc2)cc1)N(c1ncccc1Cl)[C@@H]1CCNC1. The van der Waals surface area contributed by atoms with Crippen molar-refractivity contribution in [1.82, 2.24) is 10.3 Å². The van der Waals surface area contributed by atoms with Gasteiger partial charge in [-0.15, -0.1) is 0 Å². The number of hydrogen-bond acceptors (Lipinski definition) is 3. The third-order valence-corrected chi connectivity index (χ3v) is 5.12. The smallest absolute Gasteiger partial charge is 0.259 e. The van der Waals surface area contributed by atoms with E-state index in [0.29, 0.717) is 16.4 Å². The Morgan fingerprint density at radius 1 is 1.00 bits per heavy atom. The summed E-state index contributed by atoms with van der Waals surface area (Å²) < 4.78 is 0. The molecule has 0 radical (unpaired) electrons. The van der Waals surface area contributed by atoms with E-state index in [2.05, 4.69) is 22.4 Å². The lowest BCUT2D eigenvalue weighted by atomic mass is 10.0. The number of anilines is 1. The van der Waals surface area contributed by atoms with Gasteiger partial charge in [0.1, 0.15) is 0 Å². The number of nitrogens with one attached hydrogen (secondary N) is 1. The lowest BCUT2D eigenvalue weighted by molar-refractivity contribution is 0.0977. The lowest BCUT2D eigenvalue weighted by Gasteiger charge is -2.28. The van der Waals surface area contributed by atoms with Crippen molar-refractivity contribution >= 4 is 23.3 Å². The standard InChI is InChI=1S/C22H20ClN3O/c23-20-7-4-13-25-21(20)26(19-12-14-24-15-19)22(27)18-10-8-17(9-11-18)16-5-2-1-3-6-16/h1-11,13,19,24H,12,14-15H2/t19-/m1/s1. The molecule has 0 saturated carbocycles. The molecular formula is C22H20ClN3O. The van der Waals surface area contributed by atoms with Gasteiger partial charge in [-0.2, -0.15) is 0 Å². The highest BCUT2D eigenvalue weighted by atomic mass is 35.5. The van der Waals surface area contributed by atoms with Crippen LogP contribution in [0.3, 0.4) is 0 Å². The number of aromatic nitrogens is 1. The third-order valence-electron chi connectivity index (χ3n) is 4.82. The average Bonchev–Trinajstić information content (AvgIpc) is 3.25. The maximum absolute atomic E-state index is 13.3. The van der Waals surface area contributed by atoms with Gasteiger partial charge in [0.25, 0.3) is 5.91 Å². The Labute approximate surface area is 163 Å². The van der Waals surface area contributed by atoms with Gasteiger partial charge < -0.3 is 5.32 Å². The Morgan fingerprint density at radius 2 is 1.74 bits per heavy atom. The molecule has 1 atom stereocenters. The summed E-state index contributed by atoms with van der Waals surface area (Å²) in [5, 5.41) is 3.80. The fraction of sp³-hybridized carbons (Fsp3) is 0.182. The van der Waals surface area contributed by atoms with E-state index < -0.39 is 0 Å². The largest absolute Gasteiger partial charge is 0.315 e. The summed E-state index contributed by atoms with van der Waals surface area (Å²) in [5.74, 6) is 0.439. The number of carbonyl (C=O) groups is 1. The van der Waals surface area contributed by atoms with Crippen molar-refractivity contribution in [1.29, 1.82) is 0 Å². The second kappa shape index (κ2) is 7.91. The van der Waals surface area contributed by atoms with Crippen LogP contribution in [0, 0.1) is 0 Å². The molecule has 5 heteroatoms. The average molecular weight is 378 g/mol. The first-order valence-electron chi connectivity index (χ1n) is 9.04. The molecule has 0 spiro atoms. The number of pyridine rings is 1. The molecule has 4 nitrogen and oxygen atoms in total. The number of rotatable bonds is 4. The molecule has 27 heavy (non-hydrogen) atoms. The fourth-order valence-corrected chi connectivity index (χ4v) is 3.64. The first kappa shape index (κ1) is 17.7. The van der Waals surface area contributed by atoms with Crippen molar-refractivity contribution in [3.05, 3.63) is 83.5 Å². The van der Waals surface area contributed by atoms with Gasteiger partial charge in [-0.25, -0.2) is 4.98 Å². The Hall–Kier alpha value is -2.69. The second-order valence-electron chi connectivity index (χ2n) is 6.57. The van der Waals surface area contributed by atoms with Gasteiger partial charge >= 0.3 is 0 Å². The zero-order valence-corrected chi connectivity index (χ0v) is 15.6. The molecule has 136 valence electrons. The predicted octanol–water partition coefficient (Wildman–Crippen LogP) is 4.41. The molecule has 4 rings (SSSR count). The zero-order chi connectivity index (χ0) is 18.6. The van der Waals surface area contributed by atoms with E-state index in [-0.39, 0.29) is 11.9 Å². The van der Waals surface area contributed by atoms with Crippen molar-refractivity contribution in [3.63, 3.8) is 0 Å². The normalized spacial score (nSPS) is 16.3. The van der Waals surface area contributed by atoms with Crippen molar-refractivity contribution < 1.29 is 4.79 Å². The van der Waals surface area contributed by atoms with Crippen molar-refractivity contribution in [2.24, 2.45) is 0 Å². The molecule has 0 bridgehead atoms. The molecular weight excluding hydrogens is 358 g/mol. The Kier molecular flexibility index (Phi) is 5.19. The highest BCUT2D eigenvalue weighted by molar-refractivity contribution is 6.33. The first-order valence-corrected chi connectivity index (χ1v) is 9.42. The minimum absolute atomic E-state index is 0.0405. The molecule has 2 aromatic carbocycles. The van der Waals surface area contributed by atoms with Crippen LogP contribution in [-0.4, -0.2) is 30.0 Å². The van der Waals surface area contributed by atoms with E-state index in [0.717, 1.165) is 30.6 Å². The molecule has 1 fully saturated rings. The number of benzene rings is 2. The summed E-state index contributed by atoms with van der Waals surface area (Å²) in [7, 11) is 0. The molecule has 0 aliphatic carbocycles. The molecule has 3 aromatic rings. The molecule has 1 aliphatic rings. The summed E-state index contributed by atoms with van der Waals surface area (Å²) in [4.78, 5) is 19.4. The summed E-state index contributed by atoms with van der Waals surface area (Å²) in [5.41, 5.74) is 2.83. The van der Waals surface area contributed by atoms with Gasteiger partial charge in [-0.3, -0.25) is 9.69 Å². The number of hydrogen-bond donors (Lipinski definition) is 1. The third kappa shape index (κ3) is 3.72. The topological polar surface area (TPSA) is 45.2 Å². The van der Waals surface area contributed by atoms with Crippen LogP contribution < -0.4 is 10.2 Å². The molecule has 1 aliphatic heterocycles. The van der Waals surface area contributed by atoms with Crippen LogP contribution in [0.1, 0.15) is 16.8 Å². The second-order valence-corrected chi connectivity index (χ2v) is 6.98. The van der Waals surface area contributed by atoms with Crippen LogP contribution in [0.5, 0.6) is 0 Å². The van der Waals surface area contributed by atoms with E-state index in [1.165, 1.54) is 0 Å². The van der Waals surface area contributed by atoms with Gasteiger partial charge in [0, 0.05) is 18.3 Å². The Morgan fingerprint density at radius 3 is 2.41 bits per heavy atom. The van der Waals surface area contributed by atoms with E-state index in [4.69, 9.17) is 11.6 Å². The first-order chi connectivity index (χ1) is 13.2. The summed E-state index contributed by atoms with van der Waals surface area (Å²) in [6, 6.07) is 21.4. The maximum atomic E-state index is 13.3. The van der Waals surface area contributed by atoms with Crippen LogP contribution in [0.15, 0.2) is 72.9 Å². The summed E-state index contributed by atoms with van der Waals surface area (Å²) >= 11 is 6.36. The highest BCUT2D eigenvalue weighted by Crippen LogP contribution is 2.28. The number of carbonyl (C=O) groups excluding carboxylic acids is 1. The molecule has 1 N–H and O–H groups in total. The Balaban J connectivity index is 1.66. The van der Waals surface area contributed by atoms with E-state index in [1.54, 1.807) is 23.2 Å². The zero-order valence-electron chi connectivity index (χ0n) is 14.8.